The molecule has 3 rings (SSSR count). The first-order valence-electron chi connectivity index (χ1n) is 8.73. The van der Waals surface area contributed by atoms with E-state index in [0.717, 1.165) is 0 Å². The number of hydrogen-bond acceptors (Lipinski definition) is 5. The van der Waals surface area contributed by atoms with E-state index < -0.39 is 23.2 Å². The van der Waals surface area contributed by atoms with Gasteiger partial charge in [0.1, 0.15) is 5.60 Å². The molecular weight excluding hydrogens is 320 g/mol. The molecule has 0 radical (unpaired) electrons. The largest absolute Gasteiger partial charge is 0.460 e. The number of carbonyl (C=O) groups excluding carboxylic acids is 2. The van der Waals surface area contributed by atoms with Crippen LogP contribution in [-0.4, -0.2) is 35.9 Å². The van der Waals surface area contributed by atoms with Crippen LogP contribution in [0.4, 0.5) is 0 Å². The lowest BCUT2D eigenvalue weighted by Crippen LogP contribution is -2.27. The van der Waals surface area contributed by atoms with E-state index in [1.807, 2.05) is 52.8 Å². The van der Waals surface area contributed by atoms with Crippen molar-refractivity contribution in [1.29, 1.82) is 0 Å². The SMILES string of the molecule is CC(C)(C)OC(=O)[C@H]1[C@H](C(=O)c2ccccc2)[C@H]1[C@@H]1COC(C)(C)O1. The molecule has 5 nitrogen and oxygen atoms in total. The highest BCUT2D eigenvalue weighted by molar-refractivity contribution is 6.03. The van der Waals surface area contributed by atoms with Crippen molar-refractivity contribution in [2.45, 2.75) is 52.1 Å². The molecule has 1 aliphatic heterocycles. The highest BCUT2D eigenvalue weighted by atomic mass is 16.7. The first-order valence-corrected chi connectivity index (χ1v) is 8.73. The molecule has 0 amide bonds. The molecule has 1 saturated heterocycles. The minimum absolute atomic E-state index is 0.0326. The lowest BCUT2D eigenvalue weighted by molar-refractivity contribution is -0.159. The summed E-state index contributed by atoms with van der Waals surface area (Å²) in [5, 5.41) is 0. The van der Waals surface area contributed by atoms with Crippen LogP contribution in [0.3, 0.4) is 0 Å². The monoisotopic (exact) mass is 346 g/mol. The first-order chi connectivity index (χ1) is 11.6. The van der Waals surface area contributed by atoms with Crippen LogP contribution < -0.4 is 0 Å². The number of Topliss-reactive ketones (excluding diaryl/α,β-unsaturated/α-hetero) is 1. The van der Waals surface area contributed by atoms with Gasteiger partial charge in [-0.3, -0.25) is 9.59 Å². The van der Waals surface area contributed by atoms with Crippen LogP contribution in [0, 0.1) is 17.8 Å². The van der Waals surface area contributed by atoms with Gasteiger partial charge in [-0.25, -0.2) is 0 Å². The third-order valence-corrected chi connectivity index (χ3v) is 4.58. The fraction of sp³-hybridized carbons (Fsp3) is 0.600. The van der Waals surface area contributed by atoms with Crippen molar-refractivity contribution in [3.8, 4) is 0 Å². The van der Waals surface area contributed by atoms with Gasteiger partial charge in [0.05, 0.1) is 18.6 Å². The zero-order valence-corrected chi connectivity index (χ0v) is 15.4. The van der Waals surface area contributed by atoms with Crippen LogP contribution >= 0.6 is 0 Å². The maximum Gasteiger partial charge on any atom is 0.310 e. The second-order valence-corrected chi connectivity index (χ2v) is 8.26. The lowest BCUT2D eigenvalue weighted by Gasteiger charge is -2.20. The molecule has 1 heterocycles. The number of ketones is 1. The Balaban J connectivity index is 1.81. The molecule has 0 bridgehead atoms. The predicted molar refractivity (Wildman–Crippen MR) is 92.0 cm³/mol. The van der Waals surface area contributed by atoms with Crippen LogP contribution in [0.15, 0.2) is 30.3 Å². The molecule has 1 aromatic rings. The second kappa shape index (κ2) is 6.22. The van der Waals surface area contributed by atoms with Crippen molar-refractivity contribution in [2.75, 3.05) is 6.61 Å². The summed E-state index contributed by atoms with van der Waals surface area (Å²) in [6.45, 7) is 9.55. The molecule has 1 saturated carbocycles. The Labute approximate surface area is 148 Å². The lowest BCUT2D eigenvalue weighted by atomic mass is 10.0. The van der Waals surface area contributed by atoms with Gasteiger partial charge in [0.15, 0.2) is 11.6 Å². The number of ether oxygens (including phenoxy) is 3. The molecule has 25 heavy (non-hydrogen) atoms. The van der Waals surface area contributed by atoms with Crippen molar-refractivity contribution in [3.63, 3.8) is 0 Å². The van der Waals surface area contributed by atoms with E-state index in [1.165, 1.54) is 0 Å². The summed E-state index contributed by atoms with van der Waals surface area (Å²) < 4.78 is 17.1. The number of benzene rings is 1. The second-order valence-electron chi connectivity index (χ2n) is 8.26. The zero-order valence-electron chi connectivity index (χ0n) is 15.4. The topological polar surface area (TPSA) is 61.8 Å². The van der Waals surface area contributed by atoms with E-state index in [1.54, 1.807) is 12.1 Å². The number of rotatable bonds is 4. The Morgan fingerprint density at radius 1 is 1.12 bits per heavy atom. The molecule has 136 valence electrons. The first kappa shape index (κ1) is 18.1. The van der Waals surface area contributed by atoms with E-state index in [2.05, 4.69) is 0 Å². The third kappa shape index (κ3) is 3.93. The molecule has 0 N–H and O–H groups in total. The predicted octanol–water partition coefficient (Wildman–Crippen LogP) is 3.22. The molecule has 2 aliphatic rings. The Bertz CT molecular complexity index is 658. The molecule has 1 aromatic carbocycles. The van der Waals surface area contributed by atoms with Gasteiger partial charge in [0.25, 0.3) is 0 Å². The van der Waals surface area contributed by atoms with Gasteiger partial charge in [0, 0.05) is 17.4 Å². The molecule has 0 aromatic heterocycles. The average molecular weight is 346 g/mol. The Morgan fingerprint density at radius 2 is 1.76 bits per heavy atom. The summed E-state index contributed by atoms with van der Waals surface area (Å²) in [4.78, 5) is 25.5. The molecule has 5 heteroatoms. The van der Waals surface area contributed by atoms with Gasteiger partial charge < -0.3 is 14.2 Å². The molecule has 4 atom stereocenters. The fourth-order valence-electron chi connectivity index (χ4n) is 3.51. The highest BCUT2D eigenvalue weighted by Crippen LogP contribution is 2.54. The van der Waals surface area contributed by atoms with Crippen LogP contribution in [0.5, 0.6) is 0 Å². The van der Waals surface area contributed by atoms with Crippen LogP contribution in [0.2, 0.25) is 0 Å². The van der Waals surface area contributed by atoms with Crippen molar-refractivity contribution in [3.05, 3.63) is 35.9 Å². The van der Waals surface area contributed by atoms with Crippen molar-refractivity contribution < 1.29 is 23.8 Å². The van der Waals surface area contributed by atoms with Gasteiger partial charge in [-0.05, 0) is 34.6 Å². The van der Waals surface area contributed by atoms with Crippen LogP contribution in [0.25, 0.3) is 0 Å². The van der Waals surface area contributed by atoms with E-state index in [0.29, 0.717) is 12.2 Å². The van der Waals surface area contributed by atoms with Gasteiger partial charge in [0.2, 0.25) is 0 Å². The van der Waals surface area contributed by atoms with E-state index in [-0.39, 0.29) is 23.8 Å². The highest BCUT2D eigenvalue weighted by Gasteiger charge is 2.65. The van der Waals surface area contributed by atoms with Gasteiger partial charge >= 0.3 is 5.97 Å². The summed E-state index contributed by atoms with van der Waals surface area (Å²) >= 11 is 0. The fourth-order valence-corrected chi connectivity index (χ4v) is 3.51. The molecule has 0 unspecified atom stereocenters. The van der Waals surface area contributed by atoms with Gasteiger partial charge in [-0.15, -0.1) is 0 Å². The summed E-state index contributed by atoms with van der Waals surface area (Å²) in [5.41, 5.74) is 0.0263. The Hall–Kier alpha value is -1.72. The minimum Gasteiger partial charge on any atom is -0.460 e. The van der Waals surface area contributed by atoms with Crippen molar-refractivity contribution >= 4 is 11.8 Å². The van der Waals surface area contributed by atoms with Crippen molar-refractivity contribution in [2.24, 2.45) is 17.8 Å². The normalized spacial score (nSPS) is 30.8. The maximum absolute atomic E-state index is 12.9. The number of hydrogen-bond donors (Lipinski definition) is 0. The molecule has 0 spiro atoms. The summed E-state index contributed by atoms with van der Waals surface area (Å²) in [6.07, 6.45) is -0.273. The smallest absolute Gasteiger partial charge is 0.310 e. The summed E-state index contributed by atoms with van der Waals surface area (Å²) in [6, 6.07) is 9.07. The Morgan fingerprint density at radius 3 is 2.28 bits per heavy atom. The Kier molecular flexibility index (Phi) is 4.50. The quantitative estimate of drug-likeness (QED) is 0.619. The van der Waals surface area contributed by atoms with Crippen LogP contribution in [0.1, 0.15) is 45.0 Å². The molecule has 2 fully saturated rings. The average Bonchev–Trinajstić information content (AvgIpc) is 3.16. The minimum atomic E-state index is -0.688. The van der Waals surface area contributed by atoms with Gasteiger partial charge in [-0.2, -0.15) is 0 Å². The summed E-state index contributed by atoms with van der Waals surface area (Å²) in [7, 11) is 0. The number of carbonyl (C=O) groups is 2. The maximum atomic E-state index is 12.9. The third-order valence-electron chi connectivity index (χ3n) is 4.58. The van der Waals surface area contributed by atoms with E-state index in [4.69, 9.17) is 14.2 Å². The van der Waals surface area contributed by atoms with Gasteiger partial charge in [-0.1, -0.05) is 30.3 Å². The zero-order chi connectivity index (χ0) is 18.4. The molecule has 1 aliphatic carbocycles. The summed E-state index contributed by atoms with van der Waals surface area (Å²) in [5.74, 6) is -2.15. The number of esters is 1. The van der Waals surface area contributed by atoms with E-state index >= 15 is 0 Å². The van der Waals surface area contributed by atoms with Crippen molar-refractivity contribution in [1.82, 2.24) is 0 Å². The van der Waals surface area contributed by atoms with E-state index in [9.17, 15) is 9.59 Å². The van der Waals surface area contributed by atoms with Crippen LogP contribution in [-0.2, 0) is 19.0 Å². The molecular formula is C20H26O5. The standard InChI is InChI=1S/C20H26O5/c1-19(2,3)25-18(22)16-14(13-11-23-20(4,5)24-13)15(16)17(21)12-9-7-6-8-10-12/h6-10,13-16H,11H2,1-5H3/t13-,14+,15+,16+/m0/s1.